The minimum absolute atomic E-state index is 0.0308. The van der Waals surface area contributed by atoms with Crippen LogP contribution in [-0.2, 0) is 35.1 Å². The summed E-state index contributed by atoms with van der Waals surface area (Å²) >= 11 is 0. The highest BCUT2D eigenvalue weighted by Gasteiger charge is 2.39. The highest BCUT2D eigenvalue weighted by Crippen LogP contribution is 2.28. The van der Waals surface area contributed by atoms with E-state index in [4.69, 9.17) is 18.9 Å². The van der Waals surface area contributed by atoms with Gasteiger partial charge in [0.1, 0.15) is 40.4 Å². The molecule has 48 heavy (non-hydrogen) atoms. The van der Waals surface area contributed by atoms with Crippen LogP contribution in [0.1, 0.15) is 83.1 Å². The molecule has 0 aromatic carbocycles. The molecule has 2 aromatic rings. The molecule has 0 saturated carbocycles. The largest absolute Gasteiger partial charge is 0.443 e. The third kappa shape index (κ3) is 9.92. The van der Waals surface area contributed by atoms with E-state index >= 15 is 0 Å². The third-order valence-electron chi connectivity index (χ3n) is 5.26. The highest BCUT2D eigenvalue weighted by atomic mass is 16.6. The fourth-order valence-corrected chi connectivity index (χ4v) is 3.71. The van der Waals surface area contributed by atoms with Crippen molar-refractivity contribution in [3.63, 3.8) is 0 Å². The normalized spacial score (nSPS) is 12.2. The predicted octanol–water partition coefficient (Wildman–Crippen LogP) is 3.55. The number of amides is 3. The average Bonchev–Trinajstić information content (AvgIpc) is 2.85. The average molecular weight is 679 g/mol. The maximum Gasteiger partial charge on any atom is 0.425 e. The van der Waals surface area contributed by atoms with E-state index in [-0.39, 0.29) is 22.0 Å². The maximum atomic E-state index is 14.1. The number of hydrogen-bond donors (Lipinski definition) is 0. The Hall–Kier alpha value is -5.16. The first kappa shape index (κ1) is 39.0. The Morgan fingerprint density at radius 1 is 0.688 bits per heavy atom. The molecule has 3 amide bonds. The summed E-state index contributed by atoms with van der Waals surface area (Å²) in [6.07, 6.45) is -4.98. The van der Waals surface area contributed by atoms with Crippen LogP contribution in [0.15, 0.2) is 9.59 Å². The van der Waals surface area contributed by atoms with E-state index in [1.54, 1.807) is 0 Å². The number of aldehydes is 2. The monoisotopic (exact) mass is 678 g/mol. The number of imide groups is 1. The summed E-state index contributed by atoms with van der Waals surface area (Å²) in [5.41, 5.74) is -8.36. The van der Waals surface area contributed by atoms with Gasteiger partial charge in [-0.25, -0.2) is 28.9 Å². The molecule has 0 N–H and O–H groups in total. The number of rotatable bonds is 6. The van der Waals surface area contributed by atoms with Crippen LogP contribution in [-0.4, -0.2) is 85.0 Å². The first-order valence-corrected chi connectivity index (χ1v) is 14.7. The van der Waals surface area contributed by atoms with Gasteiger partial charge in [-0.2, -0.15) is 19.4 Å². The Labute approximate surface area is 275 Å². The quantitative estimate of drug-likeness (QED) is 0.315. The van der Waals surface area contributed by atoms with Gasteiger partial charge >= 0.3 is 30.1 Å². The van der Waals surface area contributed by atoms with Crippen molar-refractivity contribution in [3.8, 4) is 0 Å². The number of hydrogen-bond acceptors (Lipinski definition) is 14. The van der Waals surface area contributed by atoms with Crippen LogP contribution >= 0.6 is 0 Å². The summed E-state index contributed by atoms with van der Waals surface area (Å²) in [5, 5.41) is -0.835. The number of carbonyl (C=O) groups excluding carboxylic acids is 6. The summed E-state index contributed by atoms with van der Waals surface area (Å²) in [7, 11) is 0. The standard InChI is InChI=1S/C30H42N6O12/c1-27(2,3)45-23(41)34(14-16-38)21-31-18-17(20(39)36(22(40)33(18)13-15-37)26(44)48-30(10,11)12)19(32-21)35(24(42)46-28(4,5)6)25(43)47-29(7,8)9/h15-16H,13-14H2,1-12H3. The van der Waals surface area contributed by atoms with E-state index in [0.29, 0.717) is 9.47 Å². The lowest BCUT2D eigenvalue weighted by Crippen LogP contribution is -2.49. The van der Waals surface area contributed by atoms with Gasteiger partial charge in [0.2, 0.25) is 5.95 Å². The van der Waals surface area contributed by atoms with Crippen LogP contribution in [0.2, 0.25) is 0 Å². The molecule has 0 aliphatic heterocycles. The van der Waals surface area contributed by atoms with Gasteiger partial charge in [-0.15, -0.1) is 0 Å². The molecule has 2 rings (SSSR count). The van der Waals surface area contributed by atoms with Crippen molar-refractivity contribution in [2.24, 2.45) is 0 Å². The van der Waals surface area contributed by atoms with Crippen molar-refractivity contribution in [2.45, 2.75) is 112 Å². The lowest BCUT2D eigenvalue weighted by molar-refractivity contribution is -0.108. The van der Waals surface area contributed by atoms with Gasteiger partial charge in [-0.1, -0.05) is 0 Å². The van der Waals surface area contributed by atoms with Crippen LogP contribution in [0.25, 0.3) is 11.0 Å². The summed E-state index contributed by atoms with van der Waals surface area (Å²) < 4.78 is 22.0. The Morgan fingerprint density at radius 3 is 1.56 bits per heavy atom. The van der Waals surface area contributed by atoms with E-state index < -0.39 is 93.9 Å². The number of fused-ring (bicyclic) bond motifs is 1. The van der Waals surface area contributed by atoms with Crippen LogP contribution in [0, 0.1) is 0 Å². The van der Waals surface area contributed by atoms with E-state index in [0.717, 1.165) is 0 Å². The van der Waals surface area contributed by atoms with Gasteiger partial charge in [0.05, 0.1) is 13.1 Å². The molecular weight excluding hydrogens is 636 g/mol. The number of anilines is 2. The number of nitrogens with zero attached hydrogens (tertiary/aromatic N) is 6. The molecule has 264 valence electrons. The van der Waals surface area contributed by atoms with Crippen molar-refractivity contribution < 1.29 is 47.7 Å². The molecule has 0 spiro atoms. The number of ether oxygens (including phenoxy) is 4. The Bertz CT molecular complexity index is 1700. The van der Waals surface area contributed by atoms with Crippen molar-refractivity contribution in [1.29, 1.82) is 0 Å². The van der Waals surface area contributed by atoms with Gasteiger partial charge in [-0.05, 0) is 83.1 Å². The molecule has 0 atom stereocenters. The Kier molecular flexibility index (Phi) is 11.3. The second-order valence-electron chi connectivity index (χ2n) is 14.3. The number of aromatic nitrogens is 4. The van der Waals surface area contributed by atoms with Crippen LogP contribution in [0.4, 0.5) is 30.9 Å². The van der Waals surface area contributed by atoms with Gasteiger partial charge in [0.25, 0.3) is 5.56 Å². The van der Waals surface area contributed by atoms with Crippen molar-refractivity contribution in [2.75, 3.05) is 16.3 Å². The molecule has 0 radical (unpaired) electrons. The van der Waals surface area contributed by atoms with E-state index in [2.05, 4.69) is 9.97 Å². The van der Waals surface area contributed by atoms with Gasteiger partial charge < -0.3 is 28.5 Å². The molecule has 0 aliphatic carbocycles. The highest BCUT2D eigenvalue weighted by molar-refractivity contribution is 6.13. The van der Waals surface area contributed by atoms with E-state index in [1.165, 1.54) is 83.1 Å². The summed E-state index contributed by atoms with van der Waals surface area (Å²) in [4.78, 5) is 114. The maximum absolute atomic E-state index is 14.1. The summed E-state index contributed by atoms with van der Waals surface area (Å²) in [5.74, 6) is -1.68. The zero-order valence-electron chi connectivity index (χ0n) is 29.2. The van der Waals surface area contributed by atoms with Gasteiger partial charge in [-0.3, -0.25) is 9.36 Å². The molecule has 0 bridgehead atoms. The molecule has 18 heteroatoms. The second-order valence-corrected chi connectivity index (χ2v) is 14.3. The fourth-order valence-electron chi connectivity index (χ4n) is 3.71. The predicted molar refractivity (Wildman–Crippen MR) is 170 cm³/mol. The molecule has 0 fully saturated rings. The molecule has 18 nitrogen and oxygen atoms in total. The zero-order valence-corrected chi connectivity index (χ0v) is 29.2. The van der Waals surface area contributed by atoms with Crippen LogP contribution in [0.3, 0.4) is 0 Å². The van der Waals surface area contributed by atoms with E-state index in [9.17, 15) is 38.4 Å². The SMILES string of the molecule is CC(C)(C)OC(=O)N(CC=O)c1nc(N(C(=O)OC(C)(C)C)C(=O)OC(C)(C)C)c2c(=O)n(C(=O)OC(C)(C)C)c(=O)n(CC=O)c2n1. The molecule has 0 saturated heterocycles. The molecule has 2 heterocycles. The van der Waals surface area contributed by atoms with Gasteiger partial charge in [0, 0.05) is 0 Å². The summed E-state index contributed by atoms with van der Waals surface area (Å²) in [6.45, 7) is 16.3. The first-order chi connectivity index (χ1) is 21.7. The van der Waals surface area contributed by atoms with Gasteiger partial charge in [0.15, 0.2) is 11.5 Å². The van der Waals surface area contributed by atoms with Crippen molar-refractivity contribution >= 4 is 59.7 Å². The minimum atomic E-state index is -1.47. The van der Waals surface area contributed by atoms with E-state index in [1.807, 2.05) is 0 Å². The minimum Gasteiger partial charge on any atom is -0.443 e. The molecule has 0 unspecified atom stereocenters. The Morgan fingerprint density at radius 2 is 1.15 bits per heavy atom. The topological polar surface area (TPSA) is 216 Å². The first-order valence-electron chi connectivity index (χ1n) is 14.7. The smallest absolute Gasteiger partial charge is 0.425 e. The third-order valence-corrected chi connectivity index (χ3v) is 5.26. The second kappa shape index (κ2) is 13.9. The molecule has 2 aromatic heterocycles. The van der Waals surface area contributed by atoms with Crippen LogP contribution < -0.4 is 21.0 Å². The van der Waals surface area contributed by atoms with Crippen molar-refractivity contribution in [1.82, 2.24) is 19.1 Å². The lowest BCUT2D eigenvalue weighted by atomic mass is 10.2. The zero-order chi connectivity index (χ0) is 37.2. The van der Waals surface area contributed by atoms with Crippen molar-refractivity contribution in [3.05, 3.63) is 20.8 Å². The van der Waals surface area contributed by atoms with Crippen LogP contribution in [0.5, 0.6) is 0 Å². The fraction of sp³-hybridized carbons (Fsp3) is 0.600. The number of carbonyl (C=O) groups is 6. The molecule has 0 aliphatic rings. The lowest BCUT2D eigenvalue weighted by Gasteiger charge is -2.29. The molecular formula is C30H42N6O12. The Balaban J connectivity index is 3.32. The summed E-state index contributed by atoms with van der Waals surface area (Å²) in [6, 6.07) is 0.